The van der Waals surface area contributed by atoms with Crippen LogP contribution >= 0.6 is 11.8 Å². The molecule has 16 heavy (non-hydrogen) atoms. The second-order valence-electron chi connectivity index (χ2n) is 3.72. The number of carbonyl (C=O) groups is 1. The quantitative estimate of drug-likeness (QED) is 0.591. The Balaban J connectivity index is 2.67. The van der Waals surface area contributed by atoms with E-state index < -0.39 is 0 Å². The number of methoxy groups -OCH3 is 1. The van der Waals surface area contributed by atoms with E-state index >= 15 is 0 Å². The highest BCUT2D eigenvalue weighted by Crippen LogP contribution is 2.26. The molecule has 0 aliphatic heterocycles. The Morgan fingerprint density at radius 1 is 1.44 bits per heavy atom. The van der Waals surface area contributed by atoms with Gasteiger partial charge in [-0.3, -0.25) is 4.79 Å². The molecular formula is C10H17N3O2S. The molecule has 0 spiro atoms. The Hall–Kier alpha value is -1.04. The molecule has 1 heterocycles. The second kappa shape index (κ2) is 5.34. The molecule has 0 fully saturated rings. The van der Waals surface area contributed by atoms with Gasteiger partial charge in [-0.05, 0) is 6.92 Å². The molecule has 1 aromatic heterocycles. The summed E-state index contributed by atoms with van der Waals surface area (Å²) in [5.74, 6) is 0.506. The summed E-state index contributed by atoms with van der Waals surface area (Å²) in [6.45, 7) is 5.73. The van der Waals surface area contributed by atoms with Crippen LogP contribution in [-0.2, 0) is 16.6 Å². The van der Waals surface area contributed by atoms with Gasteiger partial charge in [0.25, 0.3) is 0 Å². The van der Waals surface area contributed by atoms with E-state index in [0.29, 0.717) is 0 Å². The maximum Gasteiger partial charge on any atom is 0.309 e. The van der Waals surface area contributed by atoms with Crippen LogP contribution in [0.2, 0.25) is 0 Å². The van der Waals surface area contributed by atoms with E-state index in [1.54, 1.807) is 0 Å². The molecule has 90 valence electrons. The topological polar surface area (TPSA) is 57.0 Å². The molecule has 1 rings (SSSR count). The van der Waals surface area contributed by atoms with E-state index in [1.165, 1.54) is 18.9 Å². The normalized spacial score (nSPS) is 14.6. The molecule has 0 N–H and O–H groups in total. The highest BCUT2D eigenvalue weighted by Gasteiger charge is 2.23. The molecular weight excluding hydrogens is 226 g/mol. The largest absolute Gasteiger partial charge is 0.469 e. The molecule has 0 aliphatic carbocycles. The van der Waals surface area contributed by atoms with Gasteiger partial charge in [0.2, 0.25) is 0 Å². The Morgan fingerprint density at radius 2 is 2.06 bits per heavy atom. The van der Waals surface area contributed by atoms with Crippen molar-refractivity contribution in [2.24, 2.45) is 13.0 Å². The molecule has 0 saturated carbocycles. The van der Waals surface area contributed by atoms with Gasteiger partial charge < -0.3 is 9.30 Å². The first-order chi connectivity index (χ1) is 7.47. The summed E-state index contributed by atoms with van der Waals surface area (Å²) >= 11 is 1.53. The number of aromatic nitrogens is 3. The molecule has 0 aliphatic rings. The van der Waals surface area contributed by atoms with Crippen LogP contribution in [-0.4, -0.2) is 33.1 Å². The molecule has 0 radical (unpaired) electrons. The first-order valence-corrected chi connectivity index (χ1v) is 5.95. The maximum atomic E-state index is 11.4. The Labute approximate surface area is 99.6 Å². The van der Waals surface area contributed by atoms with Gasteiger partial charge in [0.15, 0.2) is 5.16 Å². The van der Waals surface area contributed by atoms with Crippen molar-refractivity contribution in [3.8, 4) is 0 Å². The standard InChI is InChI=1S/C10H17N3O2S/c1-6(9(14)15-5)7(2)16-10-12-11-8(3)13(10)4/h6-7H,1-5H3. The van der Waals surface area contributed by atoms with Crippen LogP contribution < -0.4 is 0 Å². The lowest BCUT2D eigenvalue weighted by Crippen LogP contribution is -2.22. The number of esters is 1. The predicted molar refractivity (Wildman–Crippen MR) is 62.2 cm³/mol. The van der Waals surface area contributed by atoms with Crippen molar-refractivity contribution >= 4 is 17.7 Å². The van der Waals surface area contributed by atoms with Crippen LogP contribution in [0.1, 0.15) is 19.7 Å². The Bertz CT molecular complexity index is 378. The van der Waals surface area contributed by atoms with Crippen LogP contribution in [0.3, 0.4) is 0 Å². The average molecular weight is 243 g/mol. The fourth-order valence-electron chi connectivity index (χ4n) is 1.14. The zero-order valence-corrected chi connectivity index (χ0v) is 11.0. The minimum Gasteiger partial charge on any atom is -0.469 e. The minimum absolute atomic E-state index is 0.106. The molecule has 6 heteroatoms. The van der Waals surface area contributed by atoms with Crippen LogP contribution in [0, 0.1) is 12.8 Å². The third-order valence-corrected chi connectivity index (χ3v) is 3.97. The first-order valence-electron chi connectivity index (χ1n) is 5.07. The van der Waals surface area contributed by atoms with Gasteiger partial charge in [0, 0.05) is 12.3 Å². The highest BCUT2D eigenvalue weighted by molar-refractivity contribution is 7.99. The highest BCUT2D eigenvalue weighted by atomic mass is 32.2. The van der Waals surface area contributed by atoms with Crippen molar-refractivity contribution in [3.05, 3.63) is 5.82 Å². The monoisotopic (exact) mass is 243 g/mol. The Kier molecular flexibility index (Phi) is 4.35. The molecule has 0 amide bonds. The van der Waals surface area contributed by atoms with Crippen molar-refractivity contribution in [3.63, 3.8) is 0 Å². The number of hydrogen-bond acceptors (Lipinski definition) is 5. The summed E-state index contributed by atoms with van der Waals surface area (Å²) < 4.78 is 6.62. The smallest absolute Gasteiger partial charge is 0.309 e. The van der Waals surface area contributed by atoms with Gasteiger partial charge in [-0.25, -0.2) is 0 Å². The lowest BCUT2D eigenvalue weighted by Gasteiger charge is -2.16. The summed E-state index contributed by atoms with van der Waals surface area (Å²) in [6.07, 6.45) is 0. The van der Waals surface area contributed by atoms with E-state index in [0.717, 1.165) is 11.0 Å². The van der Waals surface area contributed by atoms with Crippen LogP contribution in [0.5, 0.6) is 0 Å². The summed E-state index contributed by atoms with van der Waals surface area (Å²) in [7, 11) is 3.32. The SMILES string of the molecule is COC(=O)C(C)C(C)Sc1nnc(C)n1C. The van der Waals surface area contributed by atoms with Crippen molar-refractivity contribution < 1.29 is 9.53 Å². The summed E-state index contributed by atoms with van der Waals surface area (Å²) in [5, 5.41) is 8.94. The van der Waals surface area contributed by atoms with Gasteiger partial charge >= 0.3 is 5.97 Å². The summed E-state index contributed by atoms with van der Waals surface area (Å²) in [5.41, 5.74) is 0. The molecule has 0 aromatic carbocycles. The number of thioether (sulfide) groups is 1. The zero-order valence-electron chi connectivity index (χ0n) is 10.2. The van der Waals surface area contributed by atoms with Gasteiger partial charge in [-0.1, -0.05) is 25.6 Å². The van der Waals surface area contributed by atoms with Gasteiger partial charge in [-0.15, -0.1) is 10.2 Å². The van der Waals surface area contributed by atoms with E-state index in [-0.39, 0.29) is 17.1 Å². The fourth-order valence-corrected chi connectivity index (χ4v) is 2.16. The summed E-state index contributed by atoms with van der Waals surface area (Å²) in [4.78, 5) is 11.4. The number of nitrogens with zero attached hydrogens (tertiary/aromatic N) is 3. The second-order valence-corrected chi connectivity index (χ2v) is 5.07. The number of carbonyl (C=O) groups excluding carboxylic acids is 1. The maximum absolute atomic E-state index is 11.4. The Morgan fingerprint density at radius 3 is 2.50 bits per heavy atom. The average Bonchev–Trinajstić information content (AvgIpc) is 2.58. The summed E-state index contributed by atoms with van der Waals surface area (Å²) in [6, 6.07) is 0. The van der Waals surface area contributed by atoms with Crippen LogP contribution in [0.25, 0.3) is 0 Å². The minimum atomic E-state index is -0.195. The van der Waals surface area contributed by atoms with E-state index in [9.17, 15) is 4.79 Å². The third kappa shape index (κ3) is 2.75. The molecule has 5 nitrogen and oxygen atoms in total. The molecule has 2 unspecified atom stereocenters. The van der Waals surface area contributed by atoms with Crippen molar-refractivity contribution in [2.75, 3.05) is 7.11 Å². The predicted octanol–water partition coefficient (Wildman–Crippen LogP) is 1.41. The van der Waals surface area contributed by atoms with Crippen LogP contribution in [0.4, 0.5) is 0 Å². The van der Waals surface area contributed by atoms with Crippen molar-refractivity contribution in [2.45, 2.75) is 31.2 Å². The number of hydrogen-bond donors (Lipinski definition) is 0. The molecule has 2 atom stereocenters. The fraction of sp³-hybridized carbons (Fsp3) is 0.700. The van der Waals surface area contributed by atoms with E-state index in [2.05, 4.69) is 10.2 Å². The van der Waals surface area contributed by atoms with Crippen LogP contribution in [0.15, 0.2) is 5.16 Å². The lowest BCUT2D eigenvalue weighted by molar-refractivity contribution is -0.144. The van der Waals surface area contributed by atoms with Crippen molar-refractivity contribution in [1.82, 2.24) is 14.8 Å². The van der Waals surface area contributed by atoms with E-state index in [4.69, 9.17) is 4.74 Å². The number of aryl methyl sites for hydroxylation is 1. The molecule has 0 saturated heterocycles. The first kappa shape index (κ1) is 13.0. The van der Waals surface area contributed by atoms with Gasteiger partial charge in [0.1, 0.15) is 5.82 Å². The number of rotatable bonds is 4. The van der Waals surface area contributed by atoms with Crippen molar-refractivity contribution in [1.29, 1.82) is 0 Å². The zero-order chi connectivity index (χ0) is 12.3. The molecule has 1 aromatic rings. The lowest BCUT2D eigenvalue weighted by atomic mass is 10.1. The molecule has 0 bridgehead atoms. The van der Waals surface area contributed by atoms with Gasteiger partial charge in [-0.2, -0.15) is 0 Å². The van der Waals surface area contributed by atoms with E-state index in [1.807, 2.05) is 32.4 Å². The number of ether oxygens (including phenoxy) is 1. The third-order valence-electron chi connectivity index (χ3n) is 2.62. The van der Waals surface area contributed by atoms with Gasteiger partial charge in [0.05, 0.1) is 13.0 Å².